The van der Waals surface area contributed by atoms with Gasteiger partial charge in [0.05, 0.1) is 0 Å². The van der Waals surface area contributed by atoms with E-state index in [1.54, 1.807) is 0 Å². The van der Waals surface area contributed by atoms with E-state index in [-0.39, 0.29) is 16.3 Å². The summed E-state index contributed by atoms with van der Waals surface area (Å²) < 4.78 is 4.18. The molecule has 0 spiro atoms. The van der Waals surface area contributed by atoms with Crippen molar-refractivity contribution in [2.75, 3.05) is 0 Å². The molecular formula is C6H6N4O5. The molecule has 0 radical (unpaired) electrons. The summed E-state index contributed by atoms with van der Waals surface area (Å²) in [5.74, 6) is -0.623. The molecular weight excluding hydrogens is 208 g/mol. The van der Waals surface area contributed by atoms with E-state index in [2.05, 4.69) is 24.9 Å². The highest BCUT2D eigenvalue weighted by Gasteiger charge is 2.15. The molecule has 0 amide bonds. The first kappa shape index (κ1) is 10.6. The summed E-state index contributed by atoms with van der Waals surface area (Å²) in [6.07, 6.45) is 1.77. The Morgan fingerprint density at radius 3 is 3.07 bits per heavy atom. The van der Waals surface area contributed by atoms with Gasteiger partial charge in [0.25, 0.3) is 5.69 Å². The fraction of sp³-hybridized carbons (Fsp3) is 0.167. The minimum atomic E-state index is -0.623. The van der Waals surface area contributed by atoms with E-state index in [1.807, 2.05) is 0 Å². The van der Waals surface area contributed by atoms with Crippen molar-refractivity contribution in [2.45, 2.75) is 6.92 Å². The molecule has 0 aliphatic rings. The molecule has 0 saturated carbocycles. The fourth-order valence-corrected chi connectivity index (χ4v) is 0.674. The summed E-state index contributed by atoms with van der Waals surface area (Å²) in [4.78, 5) is 14.6. The molecule has 9 heteroatoms. The quantitative estimate of drug-likeness (QED) is 0.226. The fourth-order valence-electron chi connectivity index (χ4n) is 0.674. The molecule has 0 atom stereocenters. The molecule has 0 unspecified atom stereocenters. The second-order valence-corrected chi connectivity index (χ2v) is 2.26. The van der Waals surface area contributed by atoms with Gasteiger partial charge in [0.15, 0.2) is 0 Å². The Morgan fingerprint density at radius 1 is 1.73 bits per heavy atom. The first-order valence-corrected chi connectivity index (χ1v) is 3.63. The molecule has 15 heavy (non-hydrogen) atoms. The maximum Gasteiger partial charge on any atom is 0.331 e. The molecule has 80 valence electrons. The first-order valence-electron chi connectivity index (χ1n) is 3.63. The zero-order chi connectivity index (χ0) is 11.3. The van der Waals surface area contributed by atoms with Crippen LogP contribution in [0, 0.1) is 5.21 Å². The van der Waals surface area contributed by atoms with Gasteiger partial charge < -0.3 is 15.3 Å². The van der Waals surface area contributed by atoms with Gasteiger partial charge in [-0.05, 0) is 4.90 Å². The van der Waals surface area contributed by atoms with E-state index >= 15 is 0 Å². The number of oxime groups is 2. The van der Waals surface area contributed by atoms with Crippen molar-refractivity contribution < 1.29 is 24.4 Å². The Kier molecular flexibility index (Phi) is 3.33. The predicted octanol–water partition coefficient (Wildman–Crippen LogP) is -0.987. The minimum Gasteiger partial charge on any atom is -0.411 e. The van der Waals surface area contributed by atoms with Crippen molar-refractivity contribution in [3.8, 4) is 0 Å². The van der Waals surface area contributed by atoms with Crippen LogP contribution in [-0.4, -0.2) is 28.8 Å². The summed E-state index contributed by atoms with van der Waals surface area (Å²) in [6, 6.07) is 0. The molecule has 0 saturated heterocycles. The number of carbonyl (C=O) groups excluding carboxylic acids is 1. The lowest BCUT2D eigenvalue weighted by molar-refractivity contribution is -0.803. The molecule has 1 aromatic heterocycles. The SMILES string of the molecule is CC(=O)O/N=C/c1no[n+]([O-])c1/C=N/O. The van der Waals surface area contributed by atoms with Crippen LogP contribution in [0.3, 0.4) is 0 Å². The zero-order valence-corrected chi connectivity index (χ0v) is 7.52. The molecule has 1 N–H and O–H groups in total. The summed E-state index contributed by atoms with van der Waals surface area (Å²) in [7, 11) is 0. The van der Waals surface area contributed by atoms with Crippen molar-refractivity contribution in [2.24, 2.45) is 10.3 Å². The molecule has 0 fully saturated rings. The van der Waals surface area contributed by atoms with Crippen LogP contribution >= 0.6 is 0 Å². The Balaban J connectivity index is 2.85. The number of nitrogens with zero attached hydrogens (tertiary/aromatic N) is 4. The van der Waals surface area contributed by atoms with E-state index in [0.717, 1.165) is 19.4 Å². The maximum atomic E-state index is 10.8. The van der Waals surface area contributed by atoms with Gasteiger partial charge in [-0.25, -0.2) is 4.79 Å². The Hall–Kier alpha value is -2.45. The van der Waals surface area contributed by atoms with Gasteiger partial charge in [-0.1, -0.05) is 10.3 Å². The number of aromatic nitrogens is 2. The average molecular weight is 214 g/mol. The van der Waals surface area contributed by atoms with E-state index in [0.29, 0.717) is 0 Å². The van der Waals surface area contributed by atoms with Crippen LogP contribution < -0.4 is 4.90 Å². The third-order valence-corrected chi connectivity index (χ3v) is 1.21. The second-order valence-electron chi connectivity index (χ2n) is 2.26. The standard InChI is InChI=1S/C6H6N4O5/c1-4(11)14-8-2-5-6(3-7-12)10(13)15-9-5/h2-3,12H,1H3/b7-3+,8-2+. The Bertz CT molecular complexity index is 410. The highest BCUT2D eigenvalue weighted by atomic mass is 16.8. The Morgan fingerprint density at radius 2 is 2.47 bits per heavy atom. The smallest absolute Gasteiger partial charge is 0.331 e. The molecule has 1 aromatic rings. The van der Waals surface area contributed by atoms with Crippen molar-refractivity contribution in [1.82, 2.24) is 5.16 Å². The predicted molar refractivity (Wildman–Crippen MR) is 44.2 cm³/mol. The van der Waals surface area contributed by atoms with Crippen molar-refractivity contribution in [3.63, 3.8) is 0 Å². The molecule has 0 aliphatic carbocycles. The van der Waals surface area contributed by atoms with Crippen LogP contribution in [0.4, 0.5) is 0 Å². The lowest BCUT2D eigenvalue weighted by Gasteiger charge is -1.86. The van der Waals surface area contributed by atoms with E-state index in [9.17, 15) is 10.0 Å². The van der Waals surface area contributed by atoms with Gasteiger partial charge in [-0.2, -0.15) is 0 Å². The zero-order valence-electron chi connectivity index (χ0n) is 7.52. The third kappa shape index (κ3) is 2.76. The van der Waals surface area contributed by atoms with Gasteiger partial charge in [-0.15, -0.1) is 0 Å². The summed E-state index contributed by atoms with van der Waals surface area (Å²) in [5.41, 5.74) is -0.211. The number of hydrogen-bond acceptors (Lipinski definition) is 8. The summed E-state index contributed by atoms with van der Waals surface area (Å²) in [5, 5.41) is 28.2. The van der Waals surface area contributed by atoms with E-state index < -0.39 is 5.97 Å². The number of hydrogen-bond donors (Lipinski definition) is 1. The summed E-state index contributed by atoms with van der Waals surface area (Å²) in [6.45, 7) is 1.16. The second kappa shape index (κ2) is 4.69. The van der Waals surface area contributed by atoms with E-state index in [1.165, 1.54) is 0 Å². The average Bonchev–Trinajstić information content (AvgIpc) is 2.50. The third-order valence-electron chi connectivity index (χ3n) is 1.21. The largest absolute Gasteiger partial charge is 0.411 e. The van der Waals surface area contributed by atoms with Crippen LogP contribution in [0.15, 0.2) is 14.9 Å². The van der Waals surface area contributed by atoms with Crippen LogP contribution in [0.2, 0.25) is 0 Å². The Labute approximate surface area is 82.8 Å². The molecule has 1 rings (SSSR count). The first-order chi connectivity index (χ1) is 7.15. The number of rotatable bonds is 3. The van der Waals surface area contributed by atoms with Crippen molar-refractivity contribution >= 4 is 18.4 Å². The molecule has 1 heterocycles. The maximum absolute atomic E-state index is 10.8. The van der Waals surface area contributed by atoms with Gasteiger partial charge >= 0.3 is 5.97 Å². The minimum absolute atomic E-state index is 0.00877. The molecule has 9 nitrogen and oxygen atoms in total. The van der Waals surface area contributed by atoms with Crippen molar-refractivity contribution in [1.29, 1.82) is 0 Å². The molecule has 0 aliphatic heterocycles. The molecule has 0 aromatic carbocycles. The topological polar surface area (TPSA) is 124 Å². The van der Waals surface area contributed by atoms with Crippen LogP contribution in [0.25, 0.3) is 0 Å². The normalized spacial score (nSPS) is 11.3. The summed E-state index contributed by atoms with van der Waals surface area (Å²) >= 11 is 0. The monoisotopic (exact) mass is 214 g/mol. The lowest BCUT2D eigenvalue weighted by atomic mass is 10.3. The van der Waals surface area contributed by atoms with Gasteiger partial charge in [0.2, 0.25) is 5.69 Å². The van der Waals surface area contributed by atoms with Crippen LogP contribution in [0.1, 0.15) is 18.3 Å². The highest BCUT2D eigenvalue weighted by Crippen LogP contribution is 1.94. The molecule has 0 bridgehead atoms. The van der Waals surface area contributed by atoms with Gasteiger partial charge in [-0.3, -0.25) is 4.63 Å². The van der Waals surface area contributed by atoms with Crippen LogP contribution in [-0.2, 0) is 9.63 Å². The van der Waals surface area contributed by atoms with E-state index in [4.69, 9.17) is 5.21 Å². The van der Waals surface area contributed by atoms with Crippen LogP contribution in [0.5, 0.6) is 0 Å². The highest BCUT2D eigenvalue weighted by molar-refractivity contribution is 5.89. The van der Waals surface area contributed by atoms with Gasteiger partial charge in [0, 0.05) is 12.1 Å². The van der Waals surface area contributed by atoms with Gasteiger partial charge in [0.1, 0.15) is 12.4 Å². The lowest BCUT2D eigenvalue weighted by Crippen LogP contribution is -2.28. The van der Waals surface area contributed by atoms with Crippen molar-refractivity contribution in [3.05, 3.63) is 16.6 Å². The number of carbonyl (C=O) groups is 1.